The second-order valence-corrected chi connectivity index (χ2v) is 5.50. The number of imidazole rings is 1. The van der Waals surface area contributed by atoms with Crippen LogP contribution in [0.25, 0.3) is 11.0 Å². The normalized spacial score (nSPS) is 14.9. The van der Waals surface area contributed by atoms with Crippen molar-refractivity contribution in [2.45, 2.75) is 32.2 Å². The van der Waals surface area contributed by atoms with E-state index in [1.807, 2.05) is 24.3 Å². The lowest BCUT2D eigenvalue weighted by atomic mass is 10.2. The molecule has 0 saturated carbocycles. The average Bonchev–Trinajstić information content (AvgIpc) is 3.16. The van der Waals surface area contributed by atoms with Gasteiger partial charge in [-0.3, -0.25) is 4.99 Å². The van der Waals surface area contributed by atoms with Gasteiger partial charge >= 0.3 is 0 Å². The number of nitrogens with zero attached hydrogens (tertiary/aromatic N) is 2. The molecule has 124 valence electrons. The summed E-state index contributed by atoms with van der Waals surface area (Å²) in [5.41, 5.74) is 2.10. The summed E-state index contributed by atoms with van der Waals surface area (Å²) in [6, 6.07) is 8.58. The molecule has 0 amide bonds. The molecule has 6 heteroatoms. The molecule has 0 radical (unpaired) electrons. The fourth-order valence-corrected chi connectivity index (χ4v) is 2.65. The fourth-order valence-electron chi connectivity index (χ4n) is 2.65. The van der Waals surface area contributed by atoms with Crippen molar-refractivity contribution in [2.24, 2.45) is 4.99 Å². The van der Waals surface area contributed by atoms with E-state index in [0.717, 1.165) is 55.2 Å². The number of hydrogen-bond acceptors (Lipinski definition) is 2. The standard InChI is InChI=1S/C17H23N5.HI/c1-2-18-17(20-13-7-3-4-8-13)19-12-11-16-21-14-9-5-6-10-15(14)22-16;/h3-6,9-10,13H,2,7-8,11-12H2,1H3,(H,21,22)(H2,18,19,20);1H. The Bertz CT molecular complexity index is 635. The van der Waals surface area contributed by atoms with E-state index in [-0.39, 0.29) is 24.0 Å². The summed E-state index contributed by atoms with van der Waals surface area (Å²) in [6.45, 7) is 3.68. The van der Waals surface area contributed by atoms with Crippen LogP contribution in [0.2, 0.25) is 0 Å². The maximum absolute atomic E-state index is 4.65. The Hall–Kier alpha value is -1.57. The molecule has 0 aliphatic heterocycles. The van der Waals surface area contributed by atoms with Crippen molar-refractivity contribution >= 4 is 41.0 Å². The molecule has 0 spiro atoms. The molecule has 0 atom stereocenters. The number of para-hydroxylation sites is 2. The molecule has 1 aliphatic rings. The Labute approximate surface area is 154 Å². The Morgan fingerprint density at radius 3 is 2.83 bits per heavy atom. The molecular weight excluding hydrogens is 401 g/mol. The van der Waals surface area contributed by atoms with Crippen LogP contribution in [0.15, 0.2) is 41.4 Å². The average molecular weight is 425 g/mol. The van der Waals surface area contributed by atoms with E-state index in [1.165, 1.54) is 0 Å². The largest absolute Gasteiger partial charge is 0.357 e. The molecule has 23 heavy (non-hydrogen) atoms. The quantitative estimate of drug-likeness (QED) is 0.299. The first kappa shape index (κ1) is 17.8. The Balaban J connectivity index is 0.00000192. The van der Waals surface area contributed by atoms with E-state index < -0.39 is 0 Å². The van der Waals surface area contributed by atoms with Gasteiger partial charge in [0.25, 0.3) is 0 Å². The van der Waals surface area contributed by atoms with Crippen molar-refractivity contribution in [2.75, 3.05) is 13.1 Å². The zero-order valence-corrected chi connectivity index (χ0v) is 15.7. The first-order valence-corrected chi connectivity index (χ1v) is 7.98. The lowest BCUT2D eigenvalue weighted by Crippen LogP contribution is -2.42. The van der Waals surface area contributed by atoms with Crippen molar-refractivity contribution in [3.05, 3.63) is 42.2 Å². The van der Waals surface area contributed by atoms with Crippen LogP contribution < -0.4 is 10.6 Å². The molecule has 1 heterocycles. The Kier molecular flexibility index (Phi) is 6.88. The van der Waals surface area contributed by atoms with Gasteiger partial charge in [0.2, 0.25) is 0 Å². The van der Waals surface area contributed by atoms with Gasteiger partial charge in [0, 0.05) is 25.6 Å². The second kappa shape index (κ2) is 8.90. The molecular formula is C17H24IN5. The topological polar surface area (TPSA) is 65.1 Å². The zero-order valence-electron chi connectivity index (χ0n) is 13.4. The Morgan fingerprint density at radius 1 is 1.30 bits per heavy atom. The van der Waals surface area contributed by atoms with Crippen molar-refractivity contribution < 1.29 is 0 Å². The minimum absolute atomic E-state index is 0. The SMILES string of the molecule is CCNC(=NCCc1nc2ccccc2[nH]1)NC1CC=CC1.I. The number of fused-ring (bicyclic) bond motifs is 1. The number of nitrogens with one attached hydrogen (secondary N) is 3. The van der Waals surface area contributed by atoms with Gasteiger partial charge in [-0.2, -0.15) is 0 Å². The Morgan fingerprint density at radius 2 is 2.09 bits per heavy atom. The fraction of sp³-hybridized carbons (Fsp3) is 0.412. The molecule has 0 saturated heterocycles. The molecule has 1 aromatic heterocycles. The maximum atomic E-state index is 4.65. The molecule has 2 aromatic rings. The first-order valence-electron chi connectivity index (χ1n) is 7.98. The van der Waals surface area contributed by atoms with Gasteiger partial charge < -0.3 is 15.6 Å². The lowest BCUT2D eigenvalue weighted by Gasteiger charge is -2.16. The van der Waals surface area contributed by atoms with Crippen molar-refractivity contribution in [1.29, 1.82) is 0 Å². The summed E-state index contributed by atoms with van der Waals surface area (Å²) in [4.78, 5) is 12.6. The third-order valence-electron chi connectivity index (χ3n) is 3.75. The van der Waals surface area contributed by atoms with Crippen LogP contribution in [-0.2, 0) is 6.42 Å². The van der Waals surface area contributed by atoms with Crippen LogP contribution in [-0.4, -0.2) is 35.1 Å². The van der Waals surface area contributed by atoms with Crippen LogP contribution in [0.4, 0.5) is 0 Å². The number of aromatic nitrogens is 2. The smallest absolute Gasteiger partial charge is 0.191 e. The molecule has 0 fully saturated rings. The predicted molar refractivity (Wildman–Crippen MR) is 106 cm³/mol. The molecule has 0 bridgehead atoms. The van der Waals surface area contributed by atoms with Gasteiger partial charge in [0.05, 0.1) is 11.0 Å². The molecule has 1 aromatic carbocycles. The number of rotatable bonds is 5. The molecule has 0 unspecified atom stereocenters. The second-order valence-electron chi connectivity index (χ2n) is 5.50. The van der Waals surface area contributed by atoms with E-state index in [1.54, 1.807) is 0 Å². The van der Waals surface area contributed by atoms with Crippen LogP contribution in [0, 0.1) is 0 Å². The molecule has 1 aliphatic carbocycles. The van der Waals surface area contributed by atoms with Gasteiger partial charge in [-0.25, -0.2) is 4.98 Å². The summed E-state index contributed by atoms with van der Waals surface area (Å²) in [5, 5.41) is 6.78. The minimum atomic E-state index is 0. The van der Waals surface area contributed by atoms with Gasteiger partial charge in [-0.15, -0.1) is 24.0 Å². The number of aliphatic imine (C=N–C) groups is 1. The third kappa shape index (κ3) is 4.95. The molecule has 3 N–H and O–H groups in total. The highest BCUT2D eigenvalue weighted by Crippen LogP contribution is 2.11. The zero-order chi connectivity index (χ0) is 15.2. The van der Waals surface area contributed by atoms with Crippen LogP contribution in [0.5, 0.6) is 0 Å². The van der Waals surface area contributed by atoms with Gasteiger partial charge in [0.1, 0.15) is 5.82 Å². The van der Waals surface area contributed by atoms with E-state index in [2.05, 4.69) is 44.7 Å². The molecule has 3 rings (SSSR count). The maximum Gasteiger partial charge on any atom is 0.191 e. The van der Waals surface area contributed by atoms with Crippen molar-refractivity contribution in [1.82, 2.24) is 20.6 Å². The van der Waals surface area contributed by atoms with Crippen molar-refractivity contribution in [3.8, 4) is 0 Å². The van der Waals surface area contributed by atoms with Gasteiger partial charge in [-0.05, 0) is 31.9 Å². The summed E-state index contributed by atoms with van der Waals surface area (Å²) in [7, 11) is 0. The van der Waals surface area contributed by atoms with Crippen LogP contribution in [0.3, 0.4) is 0 Å². The van der Waals surface area contributed by atoms with E-state index >= 15 is 0 Å². The summed E-state index contributed by atoms with van der Waals surface area (Å²) >= 11 is 0. The summed E-state index contributed by atoms with van der Waals surface area (Å²) in [5.74, 6) is 1.88. The molecule has 5 nitrogen and oxygen atoms in total. The van der Waals surface area contributed by atoms with E-state index in [9.17, 15) is 0 Å². The monoisotopic (exact) mass is 425 g/mol. The van der Waals surface area contributed by atoms with Crippen LogP contribution in [0.1, 0.15) is 25.6 Å². The third-order valence-corrected chi connectivity index (χ3v) is 3.75. The number of hydrogen-bond donors (Lipinski definition) is 3. The number of aromatic amines is 1. The van der Waals surface area contributed by atoms with Crippen molar-refractivity contribution in [3.63, 3.8) is 0 Å². The number of guanidine groups is 1. The van der Waals surface area contributed by atoms with Crippen LogP contribution >= 0.6 is 24.0 Å². The van der Waals surface area contributed by atoms with Gasteiger partial charge in [0.15, 0.2) is 5.96 Å². The van der Waals surface area contributed by atoms with Gasteiger partial charge in [-0.1, -0.05) is 24.3 Å². The lowest BCUT2D eigenvalue weighted by molar-refractivity contribution is 0.633. The highest BCUT2D eigenvalue weighted by molar-refractivity contribution is 14.0. The van der Waals surface area contributed by atoms with E-state index in [4.69, 9.17) is 0 Å². The highest BCUT2D eigenvalue weighted by atomic mass is 127. The predicted octanol–water partition coefficient (Wildman–Crippen LogP) is 3.00. The number of halogens is 1. The first-order chi connectivity index (χ1) is 10.8. The summed E-state index contributed by atoms with van der Waals surface area (Å²) < 4.78 is 0. The number of H-pyrrole nitrogens is 1. The number of benzene rings is 1. The van der Waals surface area contributed by atoms with E-state index in [0.29, 0.717) is 6.04 Å². The minimum Gasteiger partial charge on any atom is -0.357 e. The highest BCUT2D eigenvalue weighted by Gasteiger charge is 2.11. The summed E-state index contributed by atoms with van der Waals surface area (Å²) in [6.07, 6.45) is 7.40.